The second-order valence-corrected chi connectivity index (χ2v) is 8.53. The molecule has 1 amide bonds. The number of carbonyl (C=O) groups is 1. The Morgan fingerprint density at radius 3 is 2.78 bits per heavy atom. The molecule has 1 aromatic rings. The smallest absolute Gasteiger partial charge is 0.296 e. The number of ether oxygens (including phenoxy) is 2. The van der Waals surface area contributed by atoms with Crippen molar-refractivity contribution in [1.29, 1.82) is 0 Å². The topological polar surface area (TPSA) is 51.1 Å². The highest BCUT2D eigenvalue weighted by atomic mass is 79.9. The van der Waals surface area contributed by atoms with Crippen LogP contribution in [0.3, 0.4) is 0 Å². The third-order valence-electron chi connectivity index (χ3n) is 5.68. The van der Waals surface area contributed by atoms with Crippen LogP contribution in [-0.2, 0) is 26.5 Å². The van der Waals surface area contributed by atoms with Crippen molar-refractivity contribution in [3.8, 4) is 0 Å². The maximum Gasteiger partial charge on any atom is 0.296 e. The number of benzene rings is 1. The molecule has 4 rings (SSSR count). The monoisotopic (exact) mass is 430 g/mol. The number of aliphatic imine (C=N–C) groups is 1. The number of hydrogen-bond donors (Lipinski definition) is 0. The van der Waals surface area contributed by atoms with Gasteiger partial charge in [-0.25, -0.2) is 0 Å². The highest BCUT2D eigenvalue weighted by molar-refractivity contribution is 9.11. The molecule has 1 spiro atoms. The Morgan fingerprint density at radius 1 is 1.33 bits per heavy atom. The minimum Gasteiger partial charge on any atom is -0.447 e. The number of amides is 1. The summed E-state index contributed by atoms with van der Waals surface area (Å²) in [6.45, 7) is 9.76. The SMILES string of the molecule is C=CCC1(CC(=C)Br)OC(N2CCC3(CC2)OCc2ccccc23)=NC1=O. The number of halogens is 1. The van der Waals surface area contributed by atoms with Crippen LogP contribution < -0.4 is 0 Å². The zero-order valence-electron chi connectivity index (χ0n) is 15.2. The maximum absolute atomic E-state index is 12.6. The second-order valence-electron chi connectivity index (χ2n) is 7.41. The van der Waals surface area contributed by atoms with E-state index in [1.54, 1.807) is 6.08 Å². The van der Waals surface area contributed by atoms with Crippen LogP contribution in [-0.4, -0.2) is 35.5 Å². The number of rotatable bonds is 4. The standard InChI is InChI=1S/C21H23BrN2O3/c1-3-8-21(13-15(2)22)18(25)23-19(27-21)24-11-9-20(10-12-24)17-7-5-4-6-16(17)14-26-20/h3-7H,1-2,8-14H2. The van der Waals surface area contributed by atoms with E-state index in [-0.39, 0.29) is 11.5 Å². The van der Waals surface area contributed by atoms with Crippen molar-refractivity contribution < 1.29 is 14.3 Å². The van der Waals surface area contributed by atoms with E-state index in [4.69, 9.17) is 9.47 Å². The lowest BCUT2D eigenvalue weighted by atomic mass is 9.84. The van der Waals surface area contributed by atoms with Gasteiger partial charge < -0.3 is 14.4 Å². The zero-order chi connectivity index (χ0) is 19.1. The second kappa shape index (κ2) is 6.91. The van der Waals surface area contributed by atoms with Gasteiger partial charge in [0.25, 0.3) is 11.9 Å². The molecule has 0 bridgehead atoms. The molecule has 0 radical (unpaired) electrons. The van der Waals surface area contributed by atoms with Crippen LogP contribution in [0, 0.1) is 0 Å². The van der Waals surface area contributed by atoms with Crippen molar-refractivity contribution >= 4 is 27.9 Å². The Labute approximate surface area is 167 Å². The molecular weight excluding hydrogens is 408 g/mol. The Morgan fingerprint density at radius 2 is 2.07 bits per heavy atom. The summed E-state index contributed by atoms with van der Waals surface area (Å²) in [6.07, 6.45) is 4.16. The lowest BCUT2D eigenvalue weighted by molar-refractivity contribution is -0.130. The molecular formula is C21H23BrN2O3. The van der Waals surface area contributed by atoms with Crippen molar-refractivity contribution in [3.63, 3.8) is 0 Å². The van der Waals surface area contributed by atoms with Gasteiger partial charge in [0.15, 0.2) is 0 Å². The predicted molar refractivity (Wildman–Crippen MR) is 107 cm³/mol. The van der Waals surface area contributed by atoms with Gasteiger partial charge >= 0.3 is 0 Å². The number of amidine groups is 1. The van der Waals surface area contributed by atoms with Crippen molar-refractivity contribution in [1.82, 2.24) is 4.90 Å². The van der Waals surface area contributed by atoms with Crippen LogP contribution >= 0.6 is 15.9 Å². The van der Waals surface area contributed by atoms with Crippen LogP contribution in [0.5, 0.6) is 0 Å². The molecule has 1 atom stereocenters. The molecule has 0 aromatic heterocycles. The number of fused-ring (bicyclic) bond motifs is 2. The van der Waals surface area contributed by atoms with E-state index in [9.17, 15) is 4.79 Å². The summed E-state index contributed by atoms with van der Waals surface area (Å²) in [5.41, 5.74) is 1.32. The van der Waals surface area contributed by atoms with Crippen molar-refractivity contribution in [2.45, 2.75) is 43.5 Å². The summed E-state index contributed by atoms with van der Waals surface area (Å²) >= 11 is 3.35. The third-order valence-corrected chi connectivity index (χ3v) is 5.96. The summed E-state index contributed by atoms with van der Waals surface area (Å²) in [5.74, 6) is -0.263. The van der Waals surface area contributed by atoms with Crippen molar-refractivity contribution in [2.75, 3.05) is 13.1 Å². The van der Waals surface area contributed by atoms with E-state index in [1.807, 2.05) is 0 Å². The Balaban J connectivity index is 1.48. The largest absolute Gasteiger partial charge is 0.447 e. The first-order valence-corrected chi connectivity index (χ1v) is 10.0. The van der Waals surface area contributed by atoms with E-state index in [1.165, 1.54) is 11.1 Å². The van der Waals surface area contributed by atoms with E-state index in [0.717, 1.165) is 25.9 Å². The van der Waals surface area contributed by atoms with Crippen molar-refractivity contribution in [2.24, 2.45) is 4.99 Å². The number of likely N-dealkylation sites (tertiary alicyclic amines) is 1. The molecule has 27 heavy (non-hydrogen) atoms. The molecule has 5 nitrogen and oxygen atoms in total. The van der Waals surface area contributed by atoms with Crippen LogP contribution in [0.2, 0.25) is 0 Å². The van der Waals surface area contributed by atoms with Crippen LogP contribution in [0.15, 0.2) is 53.0 Å². The molecule has 3 aliphatic rings. The van der Waals surface area contributed by atoms with Gasteiger partial charge in [-0.2, -0.15) is 4.99 Å². The zero-order valence-corrected chi connectivity index (χ0v) is 16.8. The number of carbonyl (C=O) groups excluding carboxylic acids is 1. The summed E-state index contributed by atoms with van der Waals surface area (Å²) in [6, 6.07) is 8.84. The van der Waals surface area contributed by atoms with Gasteiger partial charge in [0, 0.05) is 25.9 Å². The lowest BCUT2D eigenvalue weighted by Gasteiger charge is -2.40. The first-order chi connectivity index (χ1) is 13.0. The van der Waals surface area contributed by atoms with Crippen LogP contribution in [0.25, 0.3) is 0 Å². The van der Waals surface area contributed by atoms with Gasteiger partial charge in [0.1, 0.15) is 0 Å². The first-order valence-electron chi connectivity index (χ1n) is 9.22. The average Bonchev–Trinajstić information content (AvgIpc) is 3.15. The summed E-state index contributed by atoms with van der Waals surface area (Å²) in [7, 11) is 0. The van der Waals surface area contributed by atoms with Gasteiger partial charge in [0.05, 0.1) is 12.2 Å². The molecule has 1 fully saturated rings. The highest BCUT2D eigenvalue weighted by Crippen LogP contribution is 2.44. The molecule has 0 N–H and O–H groups in total. The fraction of sp³-hybridized carbons (Fsp3) is 0.429. The van der Waals surface area contributed by atoms with Crippen LogP contribution in [0.4, 0.5) is 0 Å². The number of hydrogen-bond acceptors (Lipinski definition) is 4. The molecule has 3 heterocycles. The first kappa shape index (κ1) is 18.4. The van der Waals surface area contributed by atoms with Gasteiger partial charge in [-0.15, -0.1) is 6.58 Å². The summed E-state index contributed by atoms with van der Waals surface area (Å²) in [5, 5.41) is 0. The summed E-state index contributed by atoms with van der Waals surface area (Å²) in [4.78, 5) is 18.9. The van der Waals surface area contributed by atoms with Gasteiger partial charge in [0.2, 0.25) is 5.60 Å². The third kappa shape index (κ3) is 3.15. The number of nitrogens with zero attached hydrogens (tertiary/aromatic N) is 2. The maximum atomic E-state index is 12.6. The molecule has 1 unspecified atom stereocenters. The fourth-order valence-electron chi connectivity index (χ4n) is 4.28. The molecule has 1 aromatic carbocycles. The Kier molecular flexibility index (Phi) is 4.72. The molecule has 0 aliphatic carbocycles. The van der Waals surface area contributed by atoms with E-state index in [0.29, 0.717) is 30.0 Å². The van der Waals surface area contributed by atoms with E-state index in [2.05, 4.69) is 63.2 Å². The minimum atomic E-state index is -1.02. The lowest BCUT2D eigenvalue weighted by Crippen LogP contribution is -2.47. The van der Waals surface area contributed by atoms with Gasteiger partial charge in [-0.05, 0) is 28.5 Å². The minimum absolute atomic E-state index is 0.224. The molecule has 6 heteroatoms. The molecule has 1 saturated heterocycles. The van der Waals surface area contributed by atoms with Gasteiger partial charge in [-0.3, -0.25) is 4.79 Å². The van der Waals surface area contributed by atoms with Crippen molar-refractivity contribution in [3.05, 3.63) is 59.1 Å². The molecule has 142 valence electrons. The quantitative estimate of drug-likeness (QED) is 0.676. The average molecular weight is 431 g/mol. The number of piperidine rings is 1. The van der Waals surface area contributed by atoms with Crippen LogP contribution in [0.1, 0.15) is 36.8 Å². The Bertz CT molecular complexity index is 826. The van der Waals surface area contributed by atoms with Gasteiger partial charge in [-0.1, -0.05) is 52.9 Å². The Hall–Kier alpha value is -1.92. The van der Waals surface area contributed by atoms with E-state index < -0.39 is 5.60 Å². The fourth-order valence-corrected chi connectivity index (χ4v) is 4.73. The molecule has 0 saturated carbocycles. The highest BCUT2D eigenvalue weighted by Gasteiger charge is 2.49. The van der Waals surface area contributed by atoms with E-state index >= 15 is 0 Å². The molecule has 3 aliphatic heterocycles. The normalized spacial score (nSPS) is 25.9. The predicted octanol–water partition coefficient (Wildman–Crippen LogP) is 4.03. The summed E-state index contributed by atoms with van der Waals surface area (Å²) < 4.78 is 13.0.